The summed E-state index contributed by atoms with van der Waals surface area (Å²) in [6.45, 7) is 0. The maximum absolute atomic E-state index is 12.4. The molecule has 0 atom stereocenters. The lowest BCUT2D eigenvalue weighted by atomic mass is 10.1. The Balaban J connectivity index is 3.18. The van der Waals surface area contributed by atoms with Gasteiger partial charge in [-0.1, -0.05) is 0 Å². The highest BCUT2D eigenvalue weighted by atomic mass is 19.4. The molecular formula is C12H5F3N4O. The molecule has 0 aliphatic rings. The molecular weight excluding hydrogens is 273 g/mol. The van der Waals surface area contributed by atoms with Crippen molar-refractivity contribution in [1.82, 2.24) is 0 Å². The number of anilines is 1. The highest BCUT2D eigenvalue weighted by Crippen LogP contribution is 2.37. The number of hydrogen-bond donors (Lipinski definition) is 2. The molecule has 0 bridgehead atoms. The molecule has 0 amide bonds. The van der Waals surface area contributed by atoms with Crippen molar-refractivity contribution in [3.05, 3.63) is 35.0 Å². The number of nitriles is 3. The zero-order valence-electron chi connectivity index (χ0n) is 9.65. The third-order valence-electron chi connectivity index (χ3n) is 2.16. The number of nitrogens with zero attached hydrogens (tertiary/aromatic N) is 3. The minimum atomic E-state index is -4.71. The van der Waals surface area contributed by atoms with Crippen molar-refractivity contribution in [2.24, 2.45) is 0 Å². The molecule has 0 aliphatic carbocycles. The lowest BCUT2D eigenvalue weighted by molar-refractivity contribution is -0.138. The Morgan fingerprint density at radius 2 is 1.70 bits per heavy atom. The molecule has 0 fully saturated rings. The van der Waals surface area contributed by atoms with Gasteiger partial charge in [-0.2, -0.15) is 29.0 Å². The second kappa shape index (κ2) is 5.64. The van der Waals surface area contributed by atoms with Gasteiger partial charge in [0.25, 0.3) is 0 Å². The van der Waals surface area contributed by atoms with Crippen molar-refractivity contribution >= 4 is 5.69 Å². The Hall–Kier alpha value is -3.18. The summed E-state index contributed by atoms with van der Waals surface area (Å²) in [6.07, 6.45) is -4.71. The van der Waals surface area contributed by atoms with Crippen LogP contribution in [0.25, 0.3) is 0 Å². The molecule has 100 valence electrons. The van der Waals surface area contributed by atoms with Crippen LogP contribution in [0.4, 0.5) is 18.9 Å². The molecule has 0 aromatic heterocycles. The summed E-state index contributed by atoms with van der Waals surface area (Å²) < 4.78 is 37.3. The molecule has 5 nitrogen and oxygen atoms in total. The van der Waals surface area contributed by atoms with Crippen LogP contribution in [0.15, 0.2) is 29.5 Å². The zero-order valence-corrected chi connectivity index (χ0v) is 9.65. The third kappa shape index (κ3) is 3.18. The van der Waals surface area contributed by atoms with E-state index in [0.29, 0.717) is 6.07 Å². The average molecular weight is 278 g/mol. The first-order valence-electron chi connectivity index (χ1n) is 4.95. The van der Waals surface area contributed by atoms with E-state index in [2.05, 4.69) is 5.32 Å². The van der Waals surface area contributed by atoms with Gasteiger partial charge < -0.3 is 10.4 Å². The first-order chi connectivity index (χ1) is 9.33. The van der Waals surface area contributed by atoms with E-state index in [1.54, 1.807) is 0 Å². The molecule has 0 heterocycles. The van der Waals surface area contributed by atoms with Crippen molar-refractivity contribution in [3.8, 4) is 24.0 Å². The Morgan fingerprint density at radius 3 is 2.10 bits per heavy atom. The number of aromatic hydroxyl groups is 1. The zero-order chi connectivity index (χ0) is 15.3. The van der Waals surface area contributed by atoms with E-state index in [4.69, 9.17) is 15.8 Å². The smallest absolute Gasteiger partial charge is 0.419 e. The van der Waals surface area contributed by atoms with Crippen LogP contribution in [0.2, 0.25) is 0 Å². The molecule has 2 N–H and O–H groups in total. The summed E-state index contributed by atoms with van der Waals surface area (Å²) in [5, 5.41) is 37.5. The molecule has 8 heteroatoms. The van der Waals surface area contributed by atoms with Crippen molar-refractivity contribution in [2.45, 2.75) is 6.18 Å². The van der Waals surface area contributed by atoms with E-state index in [9.17, 15) is 18.3 Å². The van der Waals surface area contributed by atoms with Crippen LogP contribution in [-0.2, 0) is 6.18 Å². The molecule has 0 aliphatic heterocycles. The highest BCUT2D eigenvalue weighted by Gasteiger charge is 2.33. The minimum absolute atomic E-state index is 0.0601. The predicted octanol–water partition coefficient (Wildman–Crippen LogP) is 2.65. The van der Waals surface area contributed by atoms with Gasteiger partial charge in [-0.25, -0.2) is 0 Å². The van der Waals surface area contributed by atoms with Gasteiger partial charge in [-0.05, 0) is 12.1 Å². The van der Waals surface area contributed by atoms with Gasteiger partial charge in [0.1, 0.15) is 29.7 Å². The Labute approximate surface area is 111 Å². The normalized spacial score (nSPS) is 9.80. The maximum atomic E-state index is 12.4. The summed E-state index contributed by atoms with van der Waals surface area (Å²) >= 11 is 0. The first-order valence-corrected chi connectivity index (χ1v) is 4.95. The van der Waals surface area contributed by atoms with E-state index in [1.165, 1.54) is 18.2 Å². The summed E-state index contributed by atoms with van der Waals surface area (Å²) in [5.41, 5.74) is -2.23. The lowest BCUT2D eigenvalue weighted by Crippen LogP contribution is -2.06. The van der Waals surface area contributed by atoms with Crippen LogP contribution in [0.1, 0.15) is 5.56 Å². The molecule has 1 rings (SSSR count). The SMILES string of the molecule is N#CC(C#N)=C(C#N)Nc1ccc(C(F)(F)F)c(O)c1. The standard InChI is InChI=1S/C12H5F3N4O/c13-12(14,15)9-2-1-8(3-11(9)20)19-10(6-18)7(4-16)5-17/h1-3,19-20H. The van der Waals surface area contributed by atoms with Crippen molar-refractivity contribution in [1.29, 1.82) is 15.8 Å². The van der Waals surface area contributed by atoms with E-state index in [-0.39, 0.29) is 5.69 Å². The Morgan fingerprint density at radius 1 is 1.10 bits per heavy atom. The van der Waals surface area contributed by atoms with Crippen molar-refractivity contribution in [2.75, 3.05) is 5.32 Å². The lowest BCUT2D eigenvalue weighted by Gasteiger charge is -2.11. The van der Waals surface area contributed by atoms with E-state index in [0.717, 1.165) is 12.1 Å². The van der Waals surface area contributed by atoms with Gasteiger partial charge in [0.2, 0.25) is 0 Å². The number of alkyl halides is 3. The van der Waals surface area contributed by atoms with Gasteiger partial charge in [0, 0.05) is 11.8 Å². The number of rotatable bonds is 2. The summed E-state index contributed by atoms with van der Waals surface area (Å²) in [4.78, 5) is 0. The van der Waals surface area contributed by atoms with Gasteiger partial charge in [-0.3, -0.25) is 0 Å². The van der Waals surface area contributed by atoms with Gasteiger partial charge in [0.05, 0.1) is 5.56 Å². The number of nitrogens with one attached hydrogen (secondary N) is 1. The fourth-order valence-electron chi connectivity index (χ4n) is 1.28. The molecule has 0 saturated carbocycles. The van der Waals surface area contributed by atoms with Crippen LogP contribution < -0.4 is 5.32 Å². The molecule has 0 radical (unpaired) electrons. The topological polar surface area (TPSA) is 104 Å². The second-order valence-electron chi connectivity index (χ2n) is 3.44. The van der Waals surface area contributed by atoms with Crippen LogP contribution >= 0.6 is 0 Å². The fraction of sp³-hybridized carbons (Fsp3) is 0.0833. The number of halogens is 3. The quantitative estimate of drug-likeness (QED) is 0.809. The van der Waals surface area contributed by atoms with Gasteiger partial charge in [-0.15, -0.1) is 0 Å². The van der Waals surface area contributed by atoms with Crippen molar-refractivity contribution < 1.29 is 18.3 Å². The minimum Gasteiger partial charge on any atom is -0.507 e. The average Bonchev–Trinajstić information content (AvgIpc) is 2.37. The summed E-state index contributed by atoms with van der Waals surface area (Å²) in [6, 6.07) is 6.79. The van der Waals surface area contributed by atoms with Crippen molar-refractivity contribution in [3.63, 3.8) is 0 Å². The molecule has 0 saturated heterocycles. The second-order valence-corrected chi connectivity index (χ2v) is 3.44. The van der Waals surface area contributed by atoms with E-state index in [1.807, 2.05) is 0 Å². The first kappa shape index (κ1) is 14.9. The van der Waals surface area contributed by atoms with E-state index < -0.39 is 28.8 Å². The number of benzene rings is 1. The Kier molecular flexibility index (Phi) is 4.20. The van der Waals surface area contributed by atoms with Gasteiger partial charge in [0.15, 0.2) is 5.57 Å². The third-order valence-corrected chi connectivity index (χ3v) is 2.16. The predicted molar refractivity (Wildman–Crippen MR) is 60.6 cm³/mol. The number of phenols is 1. The molecule has 0 unspecified atom stereocenters. The van der Waals surface area contributed by atoms with Crippen LogP contribution in [0, 0.1) is 34.0 Å². The number of hydrogen-bond acceptors (Lipinski definition) is 5. The van der Waals surface area contributed by atoms with Gasteiger partial charge >= 0.3 is 6.18 Å². The monoisotopic (exact) mass is 278 g/mol. The maximum Gasteiger partial charge on any atom is 0.419 e. The molecule has 1 aromatic rings. The number of phenolic OH excluding ortho intramolecular Hbond substituents is 1. The van der Waals surface area contributed by atoms with Crippen LogP contribution in [0.5, 0.6) is 5.75 Å². The Bertz CT molecular complexity index is 671. The number of allylic oxidation sites excluding steroid dienone is 2. The fourth-order valence-corrected chi connectivity index (χ4v) is 1.28. The van der Waals surface area contributed by atoms with Crippen LogP contribution in [-0.4, -0.2) is 5.11 Å². The molecule has 1 aromatic carbocycles. The highest BCUT2D eigenvalue weighted by molar-refractivity contribution is 5.61. The summed E-state index contributed by atoms with van der Waals surface area (Å²) in [5.74, 6) is -1.03. The molecule has 0 spiro atoms. The van der Waals surface area contributed by atoms with Crippen LogP contribution in [0.3, 0.4) is 0 Å². The summed E-state index contributed by atoms with van der Waals surface area (Å²) in [7, 11) is 0. The molecule has 20 heavy (non-hydrogen) atoms. The largest absolute Gasteiger partial charge is 0.507 e. The van der Waals surface area contributed by atoms with E-state index >= 15 is 0 Å².